The summed E-state index contributed by atoms with van der Waals surface area (Å²) in [5.41, 5.74) is 0.927. The Morgan fingerprint density at radius 1 is 1.31 bits per heavy atom. The third-order valence-electron chi connectivity index (χ3n) is 4.55. The van der Waals surface area contributed by atoms with Gasteiger partial charge in [0.15, 0.2) is 0 Å². The van der Waals surface area contributed by atoms with Crippen molar-refractivity contribution in [1.29, 1.82) is 0 Å². The molecule has 0 aliphatic carbocycles. The first kappa shape index (κ1) is 18.6. The molecule has 1 fully saturated rings. The molecule has 0 aromatic carbocycles. The zero-order valence-electron chi connectivity index (χ0n) is 15.0. The third-order valence-corrected chi connectivity index (χ3v) is 6.37. The van der Waals surface area contributed by atoms with Crippen molar-refractivity contribution in [1.82, 2.24) is 29.2 Å². The van der Waals surface area contributed by atoms with E-state index in [0.29, 0.717) is 25.9 Å². The van der Waals surface area contributed by atoms with Gasteiger partial charge in [-0.1, -0.05) is 0 Å². The van der Waals surface area contributed by atoms with Gasteiger partial charge in [-0.3, -0.25) is 14.2 Å². The lowest BCUT2D eigenvalue weighted by Gasteiger charge is -2.30. The predicted molar refractivity (Wildman–Crippen MR) is 94.4 cm³/mol. The van der Waals surface area contributed by atoms with Crippen molar-refractivity contribution in [3.8, 4) is 0 Å². The van der Waals surface area contributed by atoms with Crippen molar-refractivity contribution in [3.05, 3.63) is 30.4 Å². The minimum absolute atomic E-state index is 0.125. The predicted octanol–water partition coefficient (Wildman–Crippen LogP) is 0.354. The first-order chi connectivity index (χ1) is 12.4. The third kappa shape index (κ3) is 3.96. The van der Waals surface area contributed by atoms with Gasteiger partial charge >= 0.3 is 0 Å². The molecular formula is C16H24N6O3S. The van der Waals surface area contributed by atoms with E-state index in [1.165, 1.54) is 21.4 Å². The Morgan fingerprint density at radius 2 is 2.12 bits per heavy atom. The number of hydrogen-bond acceptors (Lipinski definition) is 5. The van der Waals surface area contributed by atoms with E-state index >= 15 is 0 Å². The van der Waals surface area contributed by atoms with Crippen LogP contribution >= 0.6 is 0 Å². The van der Waals surface area contributed by atoms with E-state index in [2.05, 4.69) is 15.5 Å². The number of aryl methyl sites for hydroxylation is 2. The molecule has 1 saturated heterocycles. The maximum Gasteiger partial charge on any atom is 0.246 e. The van der Waals surface area contributed by atoms with Crippen LogP contribution in [0, 0.1) is 5.92 Å². The summed E-state index contributed by atoms with van der Waals surface area (Å²) in [5, 5.41) is 11.0. The number of carbonyl (C=O) groups is 1. The van der Waals surface area contributed by atoms with Crippen LogP contribution < -0.4 is 5.32 Å². The summed E-state index contributed by atoms with van der Waals surface area (Å²) in [6, 6.07) is 0. The summed E-state index contributed by atoms with van der Waals surface area (Å²) < 4.78 is 30.1. The molecule has 1 aliphatic rings. The van der Waals surface area contributed by atoms with Gasteiger partial charge in [0.2, 0.25) is 15.9 Å². The van der Waals surface area contributed by atoms with E-state index in [9.17, 15) is 13.2 Å². The Hall–Kier alpha value is -2.20. The number of piperidine rings is 1. The molecule has 26 heavy (non-hydrogen) atoms. The Labute approximate surface area is 153 Å². The molecule has 3 rings (SSSR count). The van der Waals surface area contributed by atoms with Crippen LogP contribution in [-0.4, -0.2) is 51.3 Å². The lowest BCUT2D eigenvalue weighted by molar-refractivity contribution is -0.126. The highest BCUT2D eigenvalue weighted by molar-refractivity contribution is 7.89. The van der Waals surface area contributed by atoms with E-state index in [-0.39, 0.29) is 23.3 Å². The van der Waals surface area contributed by atoms with E-state index in [1.807, 2.05) is 13.1 Å². The van der Waals surface area contributed by atoms with E-state index in [0.717, 1.165) is 12.1 Å². The van der Waals surface area contributed by atoms with Crippen LogP contribution in [0.2, 0.25) is 0 Å². The molecule has 2 aromatic heterocycles. The second-order valence-electron chi connectivity index (χ2n) is 6.47. The zero-order chi connectivity index (χ0) is 18.7. The van der Waals surface area contributed by atoms with E-state index in [4.69, 9.17) is 0 Å². The van der Waals surface area contributed by atoms with Crippen molar-refractivity contribution in [2.75, 3.05) is 13.1 Å². The standard InChI is InChI=1S/C16H24N6O3S/c1-3-21-10-13(8-19-21)7-17-16(23)14-5-4-6-22(11-14)26(24,25)15-9-18-20(2)12-15/h8-10,12,14H,3-7,11H2,1-2H3,(H,17,23)/t14-/m1/s1. The number of carbonyl (C=O) groups excluding carboxylic acids is 1. The fourth-order valence-electron chi connectivity index (χ4n) is 3.06. The highest BCUT2D eigenvalue weighted by atomic mass is 32.2. The monoisotopic (exact) mass is 380 g/mol. The lowest BCUT2D eigenvalue weighted by Crippen LogP contribution is -2.45. The molecule has 1 aliphatic heterocycles. The molecule has 0 spiro atoms. The smallest absolute Gasteiger partial charge is 0.246 e. The average molecular weight is 380 g/mol. The molecule has 3 heterocycles. The normalized spacial score (nSPS) is 18.8. The Bertz CT molecular complexity index is 872. The highest BCUT2D eigenvalue weighted by Crippen LogP contribution is 2.23. The van der Waals surface area contributed by atoms with Crippen molar-refractivity contribution >= 4 is 15.9 Å². The highest BCUT2D eigenvalue weighted by Gasteiger charge is 2.33. The number of nitrogens with one attached hydrogen (secondary N) is 1. The summed E-state index contributed by atoms with van der Waals surface area (Å²) >= 11 is 0. The molecule has 1 atom stereocenters. The van der Waals surface area contributed by atoms with Crippen molar-refractivity contribution in [2.45, 2.75) is 37.8 Å². The van der Waals surface area contributed by atoms with Crippen molar-refractivity contribution in [3.63, 3.8) is 0 Å². The van der Waals surface area contributed by atoms with Gasteiger partial charge in [0.25, 0.3) is 0 Å². The number of nitrogens with zero attached hydrogens (tertiary/aromatic N) is 5. The quantitative estimate of drug-likeness (QED) is 0.779. The molecule has 9 nitrogen and oxygen atoms in total. The van der Waals surface area contributed by atoms with Gasteiger partial charge < -0.3 is 5.32 Å². The zero-order valence-corrected chi connectivity index (χ0v) is 15.8. The van der Waals surface area contributed by atoms with Gasteiger partial charge in [-0.05, 0) is 19.8 Å². The maximum absolute atomic E-state index is 12.7. The molecule has 1 amide bonds. The van der Waals surface area contributed by atoms with Crippen LogP contribution in [0.3, 0.4) is 0 Å². The van der Waals surface area contributed by atoms with Crippen molar-refractivity contribution in [2.24, 2.45) is 13.0 Å². The fourth-order valence-corrected chi connectivity index (χ4v) is 4.57. The molecule has 10 heteroatoms. The van der Waals surface area contributed by atoms with E-state index < -0.39 is 10.0 Å². The number of sulfonamides is 1. The second-order valence-corrected chi connectivity index (χ2v) is 8.41. The maximum atomic E-state index is 12.7. The molecule has 0 saturated carbocycles. The minimum atomic E-state index is -3.62. The molecule has 0 bridgehead atoms. The van der Waals surface area contributed by atoms with Gasteiger partial charge in [0.1, 0.15) is 4.90 Å². The summed E-state index contributed by atoms with van der Waals surface area (Å²) in [6.45, 7) is 3.78. The minimum Gasteiger partial charge on any atom is -0.352 e. The fraction of sp³-hybridized carbons (Fsp3) is 0.562. The Morgan fingerprint density at radius 3 is 2.77 bits per heavy atom. The van der Waals surface area contributed by atoms with Gasteiger partial charge in [-0.15, -0.1) is 0 Å². The van der Waals surface area contributed by atoms with Crippen molar-refractivity contribution < 1.29 is 13.2 Å². The van der Waals surface area contributed by atoms with Crippen LogP contribution in [0.5, 0.6) is 0 Å². The molecule has 1 N–H and O–H groups in total. The summed E-state index contributed by atoms with van der Waals surface area (Å²) in [4.78, 5) is 12.6. The summed E-state index contributed by atoms with van der Waals surface area (Å²) in [7, 11) is -1.95. The lowest BCUT2D eigenvalue weighted by atomic mass is 9.99. The Kier molecular flexibility index (Phi) is 5.42. The van der Waals surface area contributed by atoms with Crippen LogP contribution in [0.15, 0.2) is 29.7 Å². The van der Waals surface area contributed by atoms with Gasteiger partial charge in [-0.2, -0.15) is 14.5 Å². The summed E-state index contributed by atoms with van der Waals surface area (Å²) in [5.74, 6) is -0.475. The average Bonchev–Trinajstić information content (AvgIpc) is 3.28. The molecular weight excluding hydrogens is 356 g/mol. The first-order valence-electron chi connectivity index (χ1n) is 8.68. The van der Waals surface area contributed by atoms with Crippen LogP contribution in [-0.2, 0) is 35.0 Å². The number of aromatic nitrogens is 4. The number of amides is 1. The topological polar surface area (TPSA) is 102 Å². The molecule has 0 radical (unpaired) electrons. The van der Waals surface area contributed by atoms with Gasteiger partial charge in [-0.25, -0.2) is 8.42 Å². The van der Waals surface area contributed by atoms with Crippen LogP contribution in [0.4, 0.5) is 0 Å². The van der Waals surface area contributed by atoms with Gasteiger partial charge in [0, 0.05) is 51.2 Å². The second kappa shape index (κ2) is 7.58. The molecule has 0 unspecified atom stereocenters. The SMILES string of the molecule is CCn1cc(CNC(=O)[C@@H]2CCCN(S(=O)(=O)c3cnn(C)c3)C2)cn1. The Balaban J connectivity index is 1.61. The molecule has 2 aromatic rings. The van der Waals surface area contributed by atoms with Crippen LogP contribution in [0.1, 0.15) is 25.3 Å². The molecule has 142 valence electrons. The largest absolute Gasteiger partial charge is 0.352 e. The van der Waals surface area contributed by atoms with Gasteiger partial charge in [0.05, 0.1) is 18.3 Å². The number of hydrogen-bond donors (Lipinski definition) is 1. The van der Waals surface area contributed by atoms with E-state index in [1.54, 1.807) is 17.9 Å². The van der Waals surface area contributed by atoms with Crippen LogP contribution in [0.25, 0.3) is 0 Å². The first-order valence-corrected chi connectivity index (χ1v) is 10.1. The summed E-state index contributed by atoms with van der Waals surface area (Å²) in [6.07, 6.45) is 7.77. The number of rotatable bonds is 6.